The van der Waals surface area contributed by atoms with Gasteiger partial charge in [-0.3, -0.25) is 0 Å². The Morgan fingerprint density at radius 2 is 2.19 bits per heavy atom. The molecule has 2 N–H and O–H groups in total. The van der Waals surface area contributed by atoms with Crippen LogP contribution in [-0.4, -0.2) is 9.97 Å². The van der Waals surface area contributed by atoms with E-state index in [1.165, 1.54) is 0 Å². The minimum absolute atomic E-state index is 0.473. The topological polar surface area (TPSA) is 64.5 Å². The highest BCUT2D eigenvalue weighted by Gasteiger charge is 2.09. The van der Waals surface area contributed by atoms with E-state index in [1.807, 2.05) is 0 Å². The number of H-pyrrole nitrogens is 1. The molecule has 0 spiro atoms. The molecule has 0 aliphatic heterocycles. The van der Waals surface area contributed by atoms with Crippen molar-refractivity contribution in [3.63, 3.8) is 0 Å². The van der Waals surface area contributed by atoms with Gasteiger partial charge in [0.05, 0.1) is 34.6 Å². The van der Waals surface area contributed by atoms with E-state index in [0.29, 0.717) is 28.0 Å². The van der Waals surface area contributed by atoms with Crippen LogP contribution in [0.2, 0.25) is 10.2 Å². The number of aryl methyl sites for hydroxylation is 1. The Hall–Kier alpha value is -1.70. The molecule has 0 radical (unpaired) electrons. The SMILES string of the molecule is CCCCc1nc(Cl)c(CNc2cc(C#N)ccc2Cl)[nH]1. The summed E-state index contributed by atoms with van der Waals surface area (Å²) in [5.74, 6) is 0.899. The number of aromatic nitrogens is 2. The average molecular weight is 323 g/mol. The molecule has 2 aromatic rings. The van der Waals surface area contributed by atoms with E-state index in [1.54, 1.807) is 18.2 Å². The van der Waals surface area contributed by atoms with Crippen LogP contribution in [0.1, 0.15) is 36.8 Å². The maximum atomic E-state index is 8.91. The Bertz CT molecular complexity index is 658. The molecular formula is C15H16Cl2N4. The predicted octanol–water partition coefficient (Wildman–Crippen LogP) is 4.54. The van der Waals surface area contributed by atoms with Gasteiger partial charge in [-0.1, -0.05) is 36.5 Å². The van der Waals surface area contributed by atoms with Crippen LogP contribution in [0.15, 0.2) is 18.2 Å². The number of nitrogens with zero attached hydrogens (tertiary/aromatic N) is 2. The molecule has 0 fully saturated rings. The summed E-state index contributed by atoms with van der Waals surface area (Å²) >= 11 is 12.2. The summed E-state index contributed by atoms with van der Waals surface area (Å²) < 4.78 is 0. The fourth-order valence-corrected chi connectivity index (χ4v) is 2.33. The first-order valence-corrected chi connectivity index (χ1v) is 7.56. The van der Waals surface area contributed by atoms with Crippen LogP contribution < -0.4 is 5.32 Å². The van der Waals surface area contributed by atoms with Crippen LogP contribution in [0.4, 0.5) is 5.69 Å². The highest BCUT2D eigenvalue weighted by Crippen LogP contribution is 2.24. The zero-order valence-corrected chi connectivity index (χ0v) is 13.2. The zero-order valence-electron chi connectivity index (χ0n) is 11.7. The third kappa shape index (κ3) is 4.13. The van der Waals surface area contributed by atoms with Crippen molar-refractivity contribution >= 4 is 28.9 Å². The van der Waals surface area contributed by atoms with Gasteiger partial charge < -0.3 is 10.3 Å². The molecule has 0 aliphatic carbocycles. The number of imidazole rings is 1. The molecule has 1 aromatic heterocycles. The first-order chi connectivity index (χ1) is 10.1. The van der Waals surface area contributed by atoms with Gasteiger partial charge in [-0.05, 0) is 24.6 Å². The Morgan fingerprint density at radius 1 is 1.38 bits per heavy atom. The summed E-state index contributed by atoms with van der Waals surface area (Å²) in [6, 6.07) is 7.18. The summed E-state index contributed by atoms with van der Waals surface area (Å²) in [6.07, 6.45) is 3.08. The monoisotopic (exact) mass is 322 g/mol. The van der Waals surface area contributed by atoms with Crippen molar-refractivity contribution in [3.8, 4) is 6.07 Å². The number of hydrogen-bond acceptors (Lipinski definition) is 3. The minimum Gasteiger partial charge on any atom is -0.378 e. The van der Waals surface area contributed by atoms with E-state index < -0.39 is 0 Å². The lowest BCUT2D eigenvalue weighted by atomic mass is 10.2. The van der Waals surface area contributed by atoms with Gasteiger partial charge in [0.1, 0.15) is 5.82 Å². The number of nitrogens with one attached hydrogen (secondary N) is 2. The van der Waals surface area contributed by atoms with Crippen molar-refractivity contribution in [2.24, 2.45) is 0 Å². The lowest BCUT2D eigenvalue weighted by molar-refractivity contribution is 0.760. The lowest BCUT2D eigenvalue weighted by Crippen LogP contribution is -2.01. The lowest BCUT2D eigenvalue weighted by Gasteiger charge is -2.07. The van der Waals surface area contributed by atoms with Crippen molar-refractivity contribution in [3.05, 3.63) is 45.5 Å². The molecular weight excluding hydrogens is 307 g/mol. The summed E-state index contributed by atoms with van der Waals surface area (Å²) in [5, 5.41) is 13.1. The summed E-state index contributed by atoms with van der Waals surface area (Å²) in [4.78, 5) is 7.52. The zero-order chi connectivity index (χ0) is 15.2. The predicted molar refractivity (Wildman–Crippen MR) is 85.7 cm³/mol. The van der Waals surface area contributed by atoms with Gasteiger partial charge in [0.2, 0.25) is 0 Å². The second-order valence-corrected chi connectivity index (χ2v) is 5.48. The van der Waals surface area contributed by atoms with Gasteiger partial charge >= 0.3 is 0 Å². The summed E-state index contributed by atoms with van der Waals surface area (Å²) in [5.41, 5.74) is 2.08. The van der Waals surface area contributed by atoms with Crippen LogP contribution in [-0.2, 0) is 13.0 Å². The fourth-order valence-electron chi connectivity index (χ4n) is 1.93. The number of rotatable bonds is 6. The van der Waals surface area contributed by atoms with Crippen molar-refractivity contribution in [1.82, 2.24) is 9.97 Å². The Labute approximate surface area is 134 Å². The van der Waals surface area contributed by atoms with Gasteiger partial charge in [0.25, 0.3) is 0 Å². The van der Waals surface area contributed by atoms with E-state index in [-0.39, 0.29) is 0 Å². The van der Waals surface area contributed by atoms with Crippen molar-refractivity contribution < 1.29 is 0 Å². The maximum absolute atomic E-state index is 8.91. The van der Waals surface area contributed by atoms with Gasteiger partial charge in [0, 0.05) is 6.42 Å². The van der Waals surface area contributed by atoms with Gasteiger partial charge in [-0.15, -0.1) is 0 Å². The van der Waals surface area contributed by atoms with Gasteiger partial charge in [-0.2, -0.15) is 5.26 Å². The fraction of sp³-hybridized carbons (Fsp3) is 0.333. The molecule has 2 rings (SSSR count). The second-order valence-electron chi connectivity index (χ2n) is 4.72. The normalized spacial score (nSPS) is 10.4. The Morgan fingerprint density at radius 3 is 2.90 bits per heavy atom. The molecule has 0 saturated heterocycles. The van der Waals surface area contributed by atoms with Crippen LogP contribution in [0, 0.1) is 11.3 Å². The number of halogens is 2. The minimum atomic E-state index is 0.473. The first-order valence-electron chi connectivity index (χ1n) is 6.80. The second kappa shape index (κ2) is 7.35. The van der Waals surface area contributed by atoms with E-state index in [2.05, 4.69) is 28.3 Å². The van der Waals surface area contributed by atoms with Crippen molar-refractivity contribution in [2.45, 2.75) is 32.7 Å². The summed E-state index contributed by atoms with van der Waals surface area (Å²) in [7, 11) is 0. The largest absolute Gasteiger partial charge is 0.378 e. The molecule has 0 aliphatic rings. The molecule has 6 heteroatoms. The van der Waals surface area contributed by atoms with Crippen molar-refractivity contribution in [1.29, 1.82) is 5.26 Å². The van der Waals surface area contributed by atoms with Crippen LogP contribution in [0.5, 0.6) is 0 Å². The van der Waals surface area contributed by atoms with Gasteiger partial charge in [-0.25, -0.2) is 4.98 Å². The molecule has 110 valence electrons. The van der Waals surface area contributed by atoms with E-state index in [4.69, 9.17) is 28.5 Å². The number of benzene rings is 1. The molecule has 0 atom stereocenters. The van der Waals surface area contributed by atoms with Crippen LogP contribution >= 0.6 is 23.2 Å². The molecule has 0 saturated carbocycles. The average Bonchev–Trinajstić information content (AvgIpc) is 2.84. The molecule has 0 bridgehead atoms. The third-order valence-electron chi connectivity index (χ3n) is 3.10. The van der Waals surface area contributed by atoms with Crippen LogP contribution in [0.3, 0.4) is 0 Å². The summed E-state index contributed by atoms with van der Waals surface area (Å²) in [6.45, 7) is 2.61. The van der Waals surface area contributed by atoms with Crippen molar-refractivity contribution in [2.75, 3.05) is 5.32 Å². The standard InChI is InChI=1S/C15H16Cl2N4/c1-2-3-4-14-20-13(15(17)21-14)9-19-12-7-10(8-18)5-6-11(12)16/h5-7,19H,2-4,9H2,1H3,(H,20,21). The van der Waals surface area contributed by atoms with E-state index in [9.17, 15) is 0 Å². The van der Waals surface area contributed by atoms with E-state index in [0.717, 1.165) is 30.8 Å². The molecule has 0 unspecified atom stereocenters. The molecule has 4 nitrogen and oxygen atoms in total. The van der Waals surface area contributed by atoms with Gasteiger partial charge in [0.15, 0.2) is 5.15 Å². The Balaban J connectivity index is 2.06. The number of unbranched alkanes of at least 4 members (excludes halogenated alkanes) is 1. The molecule has 1 aromatic carbocycles. The molecule has 1 heterocycles. The van der Waals surface area contributed by atoms with Crippen LogP contribution in [0.25, 0.3) is 0 Å². The number of anilines is 1. The quantitative estimate of drug-likeness (QED) is 0.820. The molecule has 0 amide bonds. The Kier molecular flexibility index (Phi) is 5.49. The highest BCUT2D eigenvalue weighted by atomic mass is 35.5. The number of hydrogen-bond donors (Lipinski definition) is 2. The first kappa shape index (κ1) is 15.7. The van der Waals surface area contributed by atoms with E-state index >= 15 is 0 Å². The number of nitriles is 1. The maximum Gasteiger partial charge on any atom is 0.152 e. The highest BCUT2D eigenvalue weighted by molar-refractivity contribution is 6.33. The smallest absolute Gasteiger partial charge is 0.152 e. The third-order valence-corrected chi connectivity index (χ3v) is 3.74. The molecule has 21 heavy (non-hydrogen) atoms. The number of aromatic amines is 1.